The zero-order valence-electron chi connectivity index (χ0n) is 11.3. The summed E-state index contributed by atoms with van der Waals surface area (Å²) in [6.45, 7) is -0.544. The van der Waals surface area contributed by atoms with E-state index in [-0.39, 0.29) is 17.2 Å². The average Bonchev–Trinajstić information content (AvgIpc) is 2.49. The molecule has 1 aliphatic heterocycles. The van der Waals surface area contributed by atoms with Crippen LogP contribution in [0, 0.1) is 0 Å². The van der Waals surface area contributed by atoms with Crippen molar-refractivity contribution < 1.29 is 39.7 Å². The molecule has 1 aromatic rings. The van der Waals surface area contributed by atoms with Gasteiger partial charge in [0, 0.05) is 6.07 Å². The summed E-state index contributed by atoms with van der Waals surface area (Å²) in [5.41, 5.74) is 0. The summed E-state index contributed by atoms with van der Waals surface area (Å²) in [7, 11) is 1.37. The van der Waals surface area contributed by atoms with Crippen molar-refractivity contribution in [2.75, 3.05) is 13.7 Å². The Balaban J connectivity index is 2.18. The first-order chi connectivity index (χ1) is 9.97. The van der Waals surface area contributed by atoms with E-state index in [0.717, 1.165) is 0 Å². The van der Waals surface area contributed by atoms with E-state index in [1.165, 1.54) is 25.3 Å². The Morgan fingerprint density at radius 3 is 2.43 bits per heavy atom. The molecule has 8 heteroatoms. The second kappa shape index (κ2) is 6.46. The van der Waals surface area contributed by atoms with Crippen molar-refractivity contribution in [1.29, 1.82) is 0 Å². The number of ether oxygens (including phenoxy) is 3. The Kier molecular flexibility index (Phi) is 4.86. The second-order valence-electron chi connectivity index (χ2n) is 4.65. The molecule has 5 unspecified atom stereocenters. The molecule has 0 spiro atoms. The van der Waals surface area contributed by atoms with E-state index in [1.54, 1.807) is 0 Å². The van der Waals surface area contributed by atoms with Crippen LogP contribution in [0.4, 0.5) is 0 Å². The maximum Gasteiger partial charge on any atom is 0.229 e. The molecule has 1 fully saturated rings. The lowest BCUT2D eigenvalue weighted by atomic mass is 9.99. The highest BCUT2D eigenvalue weighted by molar-refractivity contribution is 5.45. The predicted molar refractivity (Wildman–Crippen MR) is 69.1 cm³/mol. The summed E-state index contributed by atoms with van der Waals surface area (Å²) < 4.78 is 15.6. The quantitative estimate of drug-likeness (QED) is 0.458. The van der Waals surface area contributed by atoms with Crippen molar-refractivity contribution in [3.05, 3.63) is 18.2 Å². The number of benzene rings is 1. The fourth-order valence-electron chi connectivity index (χ4n) is 2.04. The first-order valence-electron chi connectivity index (χ1n) is 6.32. The molecule has 118 valence electrons. The smallest absolute Gasteiger partial charge is 0.229 e. The molecule has 0 aliphatic carbocycles. The van der Waals surface area contributed by atoms with E-state index in [0.29, 0.717) is 0 Å². The van der Waals surface area contributed by atoms with Gasteiger partial charge in [-0.25, -0.2) is 0 Å². The fourth-order valence-corrected chi connectivity index (χ4v) is 2.04. The van der Waals surface area contributed by atoms with Crippen LogP contribution in [-0.4, -0.2) is 70.0 Å². The van der Waals surface area contributed by atoms with E-state index >= 15 is 0 Å². The van der Waals surface area contributed by atoms with Crippen molar-refractivity contribution in [3.63, 3.8) is 0 Å². The summed E-state index contributed by atoms with van der Waals surface area (Å²) >= 11 is 0. The minimum absolute atomic E-state index is 0.0343. The first kappa shape index (κ1) is 15.8. The first-order valence-corrected chi connectivity index (χ1v) is 6.32. The zero-order valence-corrected chi connectivity index (χ0v) is 11.3. The van der Waals surface area contributed by atoms with Gasteiger partial charge in [-0.15, -0.1) is 0 Å². The highest BCUT2D eigenvalue weighted by Gasteiger charge is 2.44. The molecule has 0 saturated carbocycles. The number of methoxy groups -OCH3 is 1. The lowest BCUT2D eigenvalue weighted by molar-refractivity contribution is -0.277. The van der Waals surface area contributed by atoms with Crippen LogP contribution in [0.1, 0.15) is 0 Å². The molecule has 1 saturated heterocycles. The molecular formula is C13H18O8. The van der Waals surface area contributed by atoms with Crippen LogP contribution in [0.3, 0.4) is 0 Å². The number of phenolic OH excluding ortho intramolecular Hbond substituents is 1. The van der Waals surface area contributed by atoms with Gasteiger partial charge in [-0.05, 0) is 12.1 Å². The van der Waals surface area contributed by atoms with E-state index in [1.807, 2.05) is 0 Å². The van der Waals surface area contributed by atoms with E-state index in [2.05, 4.69) is 0 Å². The van der Waals surface area contributed by atoms with E-state index in [4.69, 9.17) is 19.3 Å². The topological polar surface area (TPSA) is 129 Å². The minimum atomic E-state index is -1.52. The van der Waals surface area contributed by atoms with Crippen LogP contribution in [-0.2, 0) is 4.74 Å². The third-order valence-corrected chi connectivity index (χ3v) is 3.24. The fraction of sp³-hybridized carbons (Fsp3) is 0.538. The van der Waals surface area contributed by atoms with Crippen LogP contribution in [0.5, 0.6) is 17.2 Å². The Labute approximate surface area is 120 Å². The van der Waals surface area contributed by atoms with Crippen molar-refractivity contribution in [2.24, 2.45) is 0 Å². The number of rotatable bonds is 4. The zero-order chi connectivity index (χ0) is 15.6. The van der Waals surface area contributed by atoms with Crippen LogP contribution >= 0.6 is 0 Å². The van der Waals surface area contributed by atoms with Crippen molar-refractivity contribution in [2.45, 2.75) is 30.7 Å². The van der Waals surface area contributed by atoms with Crippen molar-refractivity contribution >= 4 is 0 Å². The van der Waals surface area contributed by atoms with Gasteiger partial charge < -0.3 is 39.7 Å². The summed E-state index contributed by atoms with van der Waals surface area (Å²) in [6, 6.07) is 4.05. The Morgan fingerprint density at radius 2 is 1.81 bits per heavy atom. The van der Waals surface area contributed by atoms with Crippen LogP contribution in [0.2, 0.25) is 0 Å². The van der Waals surface area contributed by atoms with Gasteiger partial charge in [0.25, 0.3) is 0 Å². The van der Waals surface area contributed by atoms with E-state index < -0.39 is 37.3 Å². The van der Waals surface area contributed by atoms with Gasteiger partial charge in [-0.3, -0.25) is 0 Å². The number of aliphatic hydroxyl groups excluding tert-OH is 4. The van der Waals surface area contributed by atoms with Gasteiger partial charge in [0.2, 0.25) is 6.29 Å². The highest BCUT2D eigenvalue weighted by atomic mass is 16.7. The number of aliphatic hydroxyl groups is 4. The third-order valence-electron chi connectivity index (χ3n) is 3.24. The molecular weight excluding hydrogens is 284 g/mol. The molecule has 1 heterocycles. The Bertz CT molecular complexity index is 477. The highest BCUT2D eigenvalue weighted by Crippen LogP contribution is 2.33. The summed E-state index contributed by atoms with van der Waals surface area (Å²) in [6.07, 6.45) is -6.85. The maximum absolute atomic E-state index is 9.87. The summed E-state index contributed by atoms with van der Waals surface area (Å²) in [4.78, 5) is 0. The van der Waals surface area contributed by atoms with Gasteiger partial charge >= 0.3 is 0 Å². The van der Waals surface area contributed by atoms with Crippen molar-refractivity contribution in [3.8, 4) is 17.2 Å². The average molecular weight is 302 g/mol. The largest absolute Gasteiger partial charge is 0.508 e. The molecule has 1 aromatic carbocycles. The molecule has 2 rings (SSSR count). The number of aromatic hydroxyl groups is 1. The molecule has 5 N–H and O–H groups in total. The van der Waals surface area contributed by atoms with Crippen LogP contribution in [0.25, 0.3) is 0 Å². The lowest BCUT2D eigenvalue weighted by Gasteiger charge is -2.39. The van der Waals surface area contributed by atoms with Crippen LogP contribution < -0.4 is 9.47 Å². The van der Waals surface area contributed by atoms with Gasteiger partial charge in [0.15, 0.2) is 11.5 Å². The van der Waals surface area contributed by atoms with Crippen LogP contribution in [0.15, 0.2) is 18.2 Å². The third kappa shape index (κ3) is 3.20. The maximum atomic E-state index is 9.87. The van der Waals surface area contributed by atoms with Gasteiger partial charge in [0.05, 0.1) is 13.7 Å². The Hall–Kier alpha value is -1.58. The molecule has 1 aliphatic rings. The monoisotopic (exact) mass is 302 g/mol. The number of phenols is 1. The van der Waals surface area contributed by atoms with Crippen molar-refractivity contribution in [1.82, 2.24) is 0 Å². The molecule has 8 nitrogen and oxygen atoms in total. The Morgan fingerprint density at radius 1 is 1.10 bits per heavy atom. The molecule has 5 atom stereocenters. The normalized spacial score (nSPS) is 32.7. The summed E-state index contributed by atoms with van der Waals surface area (Å²) in [5.74, 6) is 0.333. The standard InChI is InChI=1S/C13H18O8/c1-19-8-4-6(15)2-3-7(8)20-13-12(18)11(17)10(16)9(5-14)21-13/h2-4,9-18H,5H2,1H3. The van der Waals surface area contributed by atoms with Gasteiger partial charge in [-0.2, -0.15) is 0 Å². The second-order valence-corrected chi connectivity index (χ2v) is 4.65. The molecule has 0 radical (unpaired) electrons. The molecule has 0 aromatic heterocycles. The minimum Gasteiger partial charge on any atom is -0.508 e. The molecule has 0 bridgehead atoms. The van der Waals surface area contributed by atoms with Gasteiger partial charge in [-0.1, -0.05) is 0 Å². The summed E-state index contributed by atoms with van der Waals surface area (Å²) in [5, 5.41) is 47.7. The lowest BCUT2D eigenvalue weighted by Crippen LogP contribution is -2.60. The van der Waals surface area contributed by atoms with E-state index in [9.17, 15) is 20.4 Å². The number of hydrogen-bond donors (Lipinski definition) is 5. The molecule has 21 heavy (non-hydrogen) atoms. The SMILES string of the molecule is COc1cc(O)ccc1OC1OC(CO)C(O)C(O)C1O. The predicted octanol–water partition coefficient (Wildman–Crippen LogP) is -1.42. The van der Waals surface area contributed by atoms with Gasteiger partial charge in [0.1, 0.15) is 30.2 Å². The number of hydrogen-bond acceptors (Lipinski definition) is 8. The molecule has 0 amide bonds.